The molecule has 0 spiro atoms. The minimum atomic E-state index is -2.58. The number of alkyl halides is 2. The van der Waals surface area contributed by atoms with E-state index in [0.717, 1.165) is 32.4 Å². The summed E-state index contributed by atoms with van der Waals surface area (Å²) in [5, 5.41) is 0. The molecule has 1 aliphatic carbocycles. The predicted molar refractivity (Wildman–Crippen MR) is 68.0 cm³/mol. The van der Waals surface area contributed by atoms with E-state index in [1.165, 1.54) is 12.4 Å². The van der Waals surface area contributed by atoms with Gasteiger partial charge in [-0.3, -0.25) is 0 Å². The molecule has 0 radical (unpaired) electrons. The fraction of sp³-hybridized carbons (Fsp3) is 0.692. The van der Waals surface area contributed by atoms with Crippen LogP contribution in [0.2, 0.25) is 0 Å². The highest BCUT2D eigenvalue weighted by atomic mass is 19.3. The number of hydrogen-bond acceptors (Lipinski definition) is 4. The molecule has 1 aromatic rings. The summed E-state index contributed by atoms with van der Waals surface area (Å²) in [4.78, 5) is 9.82. The standard InChI is InChI=1S/C13H18F2N4/c14-12(15)11-13(18-5-4-17-11)19-6-8-2-1-3-10(16)9(8)7-19/h4-5,8-10,12H,1-3,6-7,16H2. The van der Waals surface area contributed by atoms with Gasteiger partial charge in [-0.05, 0) is 24.7 Å². The van der Waals surface area contributed by atoms with E-state index in [2.05, 4.69) is 9.97 Å². The highest BCUT2D eigenvalue weighted by Crippen LogP contribution is 2.38. The molecule has 1 aromatic heterocycles. The van der Waals surface area contributed by atoms with E-state index in [1.807, 2.05) is 4.90 Å². The molecular formula is C13H18F2N4. The van der Waals surface area contributed by atoms with E-state index in [-0.39, 0.29) is 11.7 Å². The van der Waals surface area contributed by atoms with E-state index in [9.17, 15) is 8.78 Å². The zero-order chi connectivity index (χ0) is 13.4. The number of rotatable bonds is 2. The molecule has 2 N–H and O–H groups in total. The van der Waals surface area contributed by atoms with Crippen LogP contribution in [-0.2, 0) is 0 Å². The van der Waals surface area contributed by atoms with Crippen LogP contribution in [0.15, 0.2) is 12.4 Å². The first-order valence-electron chi connectivity index (χ1n) is 6.76. The number of halogens is 2. The van der Waals surface area contributed by atoms with E-state index in [4.69, 9.17) is 5.73 Å². The van der Waals surface area contributed by atoms with Gasteiger partial charge in [-0.1, -0.05) is 6.42 Å². The van der Waals surface area contributed by atoms with Crippen molar-refractivity contribution in [2.45, 2.75) is 31.7 Å². The summed E-state index contributed by atoms with van der Waals surface area (Å²) in [6, 6.07) is 0.190. The Morgan fingerprint density at radius 3 is 2.74 bits per heavy atom. The summed E-state index contributed by atoms with van der Waals surface area (Å²) >= 11 is 0. The molecule has 19 heavy (non-hydrogen) atoms. The van der Waals surface area contributed by atoms with Crippen LogP contribution in [0.4, 0.5) is 14.6 Å². The molecule has 1 saturated carbocycles. The summed E-state index contributed by atoms with van der Waals surface area (Å²) in [5.41, 5.74) is 5.93. The van der Waals surface area contributed by atoms with Gasteiger partial charge in [0.1, 0.15) is 5.69 Å². The lowest BCUT2D eigenvalue weighted by molar-refractivity contribution is 0.146. The molecule has 104 valence electrons. The van der Waals surface area contributed by atoms with Crippen LogP contribution in [0, 0.1) is 11.8 Å². The fourth-order valence-corrected chi connectivity index (χ4v) is 3.43. The average molecular weight is 268 g/mol. The molecular weight excluding hydrogens is 250 g/mol. The maximum Gasteiger partial charge on any atom is 0.284 e. The van der Waals surface area contributed by atoms with Gasteiger partial charge in [0.2, 0.25) is 0 Å². The van der Waals surface area contributed by atoms with Crippen molar-refractivity contribution in [3.05, 3.63) is 18.1 Å². The molecule has 2 heterocycles. The summed E-state index contributed by atoms with van der Waals surface area (Å²) in [7, 11) is 0. The van der Waals surface area contributed by atoms with Crippen molar-refractivity contribution >= 4 is 5.82 Å². The zero-order valence-electron chi connectivity index (χ0n) is 10.7. The first-order chi connectivity index (χ1) is 9.16. The summed E-state index contributed by atoms with van der Waals surface area (Å²) in [5.74, 6) is 1.25. The molecule has 2 aliphatic rings. The van der Waals surface area contributed by atoms with E-state index >= 15 is 0 Å². The van der Waals surface area contributed by atoms with Gasteiger partial charge in [0, 0.05) is 31.5 Å². The van der Waals surface area contributed by atoms with Crippen molar-refractivity contribution in [2.24, 2.45) is 17.6 Å². The summed E-state index contributed by atoms with van der Waals surface area (Å²) < 4.78 is 25.9. The van der Waals surface area contributed by atoms with Crippen LogP contribution in [0.25, 0.3) is 0 Å². The summed E-state index contributed by atoms with van der Waals surface area (Å²) in [6.07, 6.45) is 3.53. The molecule has 1 aliphatic heterocycles. The Morgan fingerprint density at radius 2 is 2.00 bits per heavy atom. The topological polar surface area (TPSA) is 55.0 Å². The highest BCUT2D eigenvalue weighted by molar-refractivity contribution is 5.45. The van der Waals surface area contributed by atoms with Gasteiger partial charge in [-0.25, -0.2) is 18.7 Å². The third-order valence-electron chi connectivity index (χ3n) is 4.37. The second-order valence-corrected chi connectivity index (χ2v) is 5.49. The Hall–Kier alpha value is -1.30. The minimum Gasteiger partial charge on any atom is -0.354 e. The van der Waals surface area contributed by atoms with Gasteiger partial charge in [-0.2, -0.15) is 0 Å². The maximum atomic E-state index is 13.0. The van der Waals surface area contributed by atoms with Crippen molar-refractivity contribution in [3.8, 4) is 0 Å². The molecule has 3 rings (SSSR count). The lowest BCUT2D eigenvalue weighted by atomic mass is 9.78. The van der Waals surface area contributed by atoms with Crippen LogP contribution >= 0.6 is 0 Å². The van der Waals surface area contributed by atoms with Crippen molar-refractivity contribution in [1.29, 1.82) is 0 Å². The number of nitrogens with zero attached hydrogens (tertiary/aromatic N) is 3. The molecule has 6 heteroatoms. The van der Waals surface area contributed by atoms with Gasteiger partial charge in [0.05, 0.1) is 0 Å². The largest absolute Gasteiger partial charge is 0.354 e. The average Bonchev–Trinajstić information content (AvgIpc) is 2.84. The van der Waals surface area contributed by atoms with Crippen LogP contribution in [0.5, 0.6) is 0 Å². The number of nitrogens with two attached hydrogens (primary N) is 1. The van der Waals surface area contributed by atoms with Crippen LogP contribution in [-0.4, -0.2) is 29.1 Å². The highest BCUT2D eigenvalue weighted by Gasteiger charge is 2.40. The maximum absolute atomic E-state index is 13.0. The van der Waals surface area contributed by atoms with Crippen molar-refractivity contribution in [2.75, 3.05) is 18.0 Å². The number of anilines is 1. The lowest BCUT2D eigenvalue weighted by Crippen LogP contribution is -2.38. The number of hydrogen-bond donors (Lipinski definition) is 1. The molecule has 1 saturated heterocycles. The zero-order valence-corrected chi connectivity index (χ0v) is 10.7. The molecule has 4 nitrogen and oxygen atoms in total. The third kappa shape index (κ3) is 2.29. The second-order valence-electron chi connectivity index (χ2n) is 5.49. The van der Waals surface area contributed by atoms with Gasteiger partial charge in [-0.15, -0.1) is 0 Å². The number of aromatic nitrogens is 2. The van der Waals surface area contributed by atoms with Gasteiger partial charge in [0.15, 0.2) is 5.82 Å². The number of fused-ring (bicyclic) bond motifs is 1. The van der Waals surface area contributed by atoms with Gasteiger partial charge in [0.25, 0.3) is 6.43 Å². The molecule has 3 atom stereocenters. The van der Waals surface area contributed by atoms with Crippen molar-refractivity contribution in [1.82, 2.24) is 9.97 Å². The smallest absolute Gasteiger partial charge is 0.284 e. The van der Waals surface area contributed by atoms with Crippen LogP contribution < -0.4 is 10.6 Å². The normalized spacial score (nSPS) is 30.7. The monoisotopic (exact) mass is 268 g/mol. The van der Waals surface area contributed by atoms with Gasteiger partial charge < -0.3 is 10.6 Å². The van der Waals surface area contributed by atoms with Crippen molar-refractivity contribution < 1.29 is 8.78 Å². The Labute approximate surface area is 111 Å². The Morgan fingerprint density at radius 1 is 1.21 bits per heavy atom. The first-order valence-corrected chi connectivity index (χ1v) is 6.76. The fourth-order valence-electron chi connectivity index (χ4n) is 3.43. The Bertz CT molecular complexity index is 454. The van der Waals surface area contributed by atoms with E-state index < -0.39 is 6.43 Å². The van der Waals surface area contributed by atoms with Crippen LogP contribution in [0.3, 0.4) is 0 Å². The third-order valence-corrected chi connectivity index (χ3v) is 4.37. The predicted octanol–water partition coefficient (Wildman–Crippen LogP) is 1.98. The van der Waals surface area contributed by atoms with E-state index in [1.54, 1.807) is 0 Å². The molecule has 0 amide bonds. The second kappa shape index (κ2) is 5.00. The Kier molecular flexibility index (Phi) is 3.35. The van der Waals surface area contributed by atoms with Crippen LogP contribution in [0.1, 0.15) is 31.4 Å². The molecule has 3 unspecified atom stereocenters. The molecule has 0 aromatic carbocycles. The molecule has 2 fully saturated rings. The minimum absolute atomic E-state index is 0.190. The lowest BCUT2D eigenvalue weighted by Gasteiger charge is -2.29. The first kappa shape index (κ1) is 12.7. The SMILES string of the molecule is NC1CCCC2CN(c3nccnc3C(F)F)CC12. The van der Waals surface area contributed by atoms with E-state index in [0.29, 0.717) is 17.7 Å². The summed E-state index contributed by atoms with van der Waals surface area (Å²) in [6.45, 7) is 1.50. The Balaban J connectivity index is 1.84. The quantitative estimate of drug-likeness (QED) is 0.891. The van der Waals surface area contributed by atoms with Crippen molar-refractivity contribution in [3.63, 3.8) is 0 Å². The van der Waals surface area contributed by atoms with Gasteiger partial charge >= 0.3 is 0 Å². The molecule has 0 bridgehead atoms.